The summed E-state index contributed by atoms with van der Waals surface area (Å²) in [5, 5.41) is 9.45. The fourth-order valence-corrected chi connectivity index (χ4v) is 2.29. The molecular formula is C14H13FOS. The topological polar surface area (TPSA) is 20.2 Å². The first-order valence-electron chi connectivity index (χ1n) is 5.36. The number of rotatable bonds is 3. The van der Waals surface area contributed by atoms with Crippen LogP contribution in [0.25, 0.3) is 0 Å². The fourth-order valence-electron chi connectivity index (χ4n) is 1.88. The Morgan fingerprint density at radius 1 is 1.12 bits per heavy atom. The van der Waals surface area contributed by atoms with Crippen LogP contribution in [0.5, 0.6) is 5.75 Å². The first kappa shape index (κ1) is 12.0. The lowest BCUT2D eigenvalue weighted by Gasteiger charge is -2.16. The van der Waals surface area contributed by atoms with Crippen LogP contribution in [0.4, 0.5) is 4.39 Å². The van der Waals surface area contributed by atoms with Gasteiger partial charge in [0.15, 0.2) is 0 Å². The third kappa shape index (κ3) is 2.61. The zero-order chi connectivity index (χ0) is 12.3. The molecular weight excluding hydrogens is 235 g/mol. The highest BCUT2D eigenvalue weighted by Crippen LogP contribution is 2.29. The Bertz CT molecular complexity index is 513. The predicted molar refractivity (Wildman–Crippen MR) is 70.2 cm³/mol. The van der Waals surface area contributed by atoms with Crippen LogP contribution in [0.3, 0.4) is 0 Å². The lowest BCUT2D eigenvalue weighted by atomic mass is 9.92. The highest BCUT2D eigenvalue weighted by Gasteiger charge is 2.16. The molecule has 88 valence electrons. The number of phenols is 1. The van der Waals surface area contributed by atoms with Gasteiger partial charge in [-0.15, -0.1) is 0 Å². The molecule has 3 heteroatoms. The van der Waals surface area contributed by atoms with Gasteiger partial charge in [-0.05, 0) is 29.3 Å². The smallest absolute Gasteiger partial charge is 0.127 e. The highest BCUT2D eigenvalue weighted by atomic mass is 32.1. The lowest BCUT2D eigenvalue weighted by Crippen LogP contribution is -2.05. The van der Waals surface area contributed by atoms with Gasteiger partial charge in [0, 0.05) is 11.7 Å². The van der Waals surface area contributed by atoms with Crippen molar-refractivity contribution in [3.63, 3.8) is 0 Å². The van der Waals surface area contributed by atoms with Crippen molar-refractivity contribution in [2.75, 3.05) is 5.75 Å². The maximum Gasteiger partial charge on any atom is 0.127 e. The van der Waals surface area contributed by atoms with Crippen LogP contribution >= 0.6 is 12.6 Å². The summed E-state index contributed by atoms with van der Waals surface area (Å²) >= 11 is 4.27. The van der Waals surface area contributed by atoms with E-state index < -0.39 is 0 Å². The van der Waals surface area contributed by atoms with Crippen molar-refractivity contribution in [2.45, 2.75) is 5.92 Å². The van der Waals surface area contributed by atoms with Crippen molar-refractivity contribution < 1.29 is 9.50 Å². The maximum absolute atomic E-state index is 13.7. The Kier molecular flexibility index (Phi) is 3.69. The van der Waals surface area contributed by atoms with E-state index in [1.807, 2.05) is 6.07 Å². The van der Waals surface area contributed by atoms with E-state index in [2.05, 4.69) is 12.6 Å². The predicted octanol–water partition coefficient (Wildman–Crippen LogP) is 3.59. The zero-order valence-corrected chi connectivity index (χ0v) is 10.1. The van der Waals surface area contributed by atoms with E-state index >= 15 is 0 Å². The summed E-state index contributed by atoms with van der Waals surface area (Å²) in [5.41, 5.74) is 1.47. The average molecular weight is 248 g/mol. The molecule has 0 aliphatic carbocycles. The summed E-state index contributed by atoms with van der Waals surface area (Å²) in [6.45, 7) is 0. The van der Waals surface area contributed by atoms with Crippen LogP contribution in [0, 0.1) is 5.82 Å². The van der Waals surface area contributed by atoms with Crippen molar-refractivity contribution in [2.24, 2.45) is 0 Å². The Balaban J connectivity index is 2.44. The van der Waals surface area contributed by atoms with E-state index in [0.29, 0.717) is 11.3 Å². The van der Waals surface area contributed by atoms with Crippen LogP contribution in [0.2, 0.25) is 0 Å². The first-order chi connectivity index (χ1) is 8.22. The van der Waals surface area contributed by atoms with E-state index in [0.717, 1.165) is 5.56 Å². The van der Waals surface area contributed by atoms with Crippen LogP contribution in [0.1, 0.15) is 17.0 Å². The van der Waals surface area contributed by atoms with Crippen molar-refractivity contribution >= 4 is 12.6 Å². The number of thiol groups is 1. The molecule has 2 rings (SSSR count). The molecule has 0 saturated heterocycles. The molecule has 0 aromatic heterocycles. The van der Waals surface area contributed by atoms with Gasteiger partial charge in [0.2, 0.25) is 0 Å². The van der Waals surface area contributed by atoms with E-state index in [1.165, 1.54) is 6.07 Å². The molecule has 0 amide bonds. The van der Waals surface area contributed by atoms with E-state index in [4.69, 9.17) is 0 Å². The van der Waals surface area contributed by atoms with Crippen molar-refractivity contribution in [1.82, 2.24) is 0 Å². The molecule has 1 N–H and O–H groups in total. The molecule has 0 aliphatic rings. The minimum atomic E-state index is -0.241. The van der Waals surface area contributed by atoms with Gasteiger partial charge in [-0.25, -0.2) is 4.39 Å². The van der Waals surface area contributed by atoms with E-state index in [9.17, 15) is 9.50 Å². The third-order valence-electron chi connectivity index (χ3n) is 2.74. The van der Waals surface area contributed by atoms with Crippen molar-refractivity contribution in [3.8, 4) is 5.75 Å². The Morgan fingerprint density at radius 3 is 2.53 bits per heavy atom. The summed E-state index contributed by atoms with van der Waals surface area (Å²) in [4.78, 5) is 0. The second kappa shape index (κ2) is 5.23. The molecule has 1 atom stereocenters. The molecule has 0 fully saturated rings. The number of halogens is 1. The van der Waals surface area contributed by atoms with Crippen molar-refractivity contribution in [1.29, 1.82) is 0 Å². The summed E-state index contributed by atoms with van der Waals surface area (Å²) in [7, 11) is 0. The SMILES string of the molecule is Oc1cccc(C(CS)c2ccccc2F)c1. The number of benzene rings is 2. The van der Waals surface area contributed by atoms with Gasteiger partial charge >= 0.3 is 0 Å². The van der Waals surface area contributed by atoms with Gasteiger partial charge in [-0.3, -0.25) is 0 Å². The first-order valence-corrected chi connectivity index (χ1v) is 6.00. The van der Waals surface area contributed by atoms with E-state index in [1.54, 1.807) is 36.4 Å². The molecule has 0 aliphatic heterocycles. The molecule has 1 nitrogen and oxygen atoms in total. The monoisotopic (exact) mass is 248 g/mol. The number of hydrogen-bond donors (Lipinski definition) is 2. The molecule has 2 aromatic rings. The summed E-state index contributed by atoms with van der Waals surface area (Å²) < 4.78 is 13.7. The van der Waals surface area contributed by atoms with Gasteiger partial charge in [0.05, 0.1) is 0 Å². The molecule has 2 aromatic carbocycles. The second-order valence-electron chi connectivity index (χ2n) is 3.85. The molecule has 0 saturated carbocycles. The zero-order valence-electron chi connectivity index (χ0n) is 9.18. The maximum atomic E-state index is 13.7. The minimum absolute atomic E-state index is 0.147. The molecule has 0 spiro atoms. The Hall–Kier alpha value is -1.48. The van der Waals surface area contributed by atoms with Crippen LogP contribution in [-0.2, 0) is 0 Å². The number of phenolic OH excluding ortho intramolecular Hbond substituents is 1. The molecule has 17 heavy (non-hydrogen) atoms. The summed E-state index contributed by atoms with van der Waals surface area (Å²) in [6.07, 6.45) is 0. The average Bonchev–Trinajstić information content (AvgIpc) is 2.33. The summed E-state index contributed by atoms with van der Waals surface area (Å²) in [6, 6.07) is 13.5. The van der Waals surface area contributed by atoms with Crippen LogP contribution < -0.4 is 0 Å². The van der Waals surface area contributed by atoms with Crippen LogP contribution in [0.15, 0.2) is 48.5 Å². The Labute approximate surface area is 105 Å². The quantitative estimate of drug-likeness (QED) is 0.795. The largest absolute Gasteiger partial charge is 0.508 e. The van der Waals surface area contributed by atoms with Gasteiger partial charge in [0.1, 0.15) is 11.6 Å². The molecule has 0 bridgehead atoms. The lowest BCUT2D eigenvalue weighted by molar-refractivity contribution is 0.474. The van der Waals surface area contributed by atoms with Crippen LogP contribution in [-0.4, -0.2) is 10.9 Å². The third-order valence-corrected chi connectivity index (χ3v) is 3.10. The van der Waals surface area contributed by atoms with Gasteiger partial charge in [-0.1, -0.05) is 30.3 Å². The van der Waals surface area contributed by atoms with E-state index in [-0.39, 0.29) is 17.5 Å². The standard InChI is InChI=1S/C14H13FOS/c15-14-7-2-1-6-12(14)13(9-17)10-4-3-5-11(16)8-10/h1-8,13,16-17H,9H2. The molecule has 1 unspecified atom stereocenters. The van der Waals surface area contributed by atoms with Gasteiger partial charge in [0.25, 0.3) is 0 Å². The van der Waals surface area contributed by atoms with Gasteiger partial charge < -0.3 is 5.11 Å². The fraction of sp³-hybridized carbons (Fsp3) is 0.143. The number of aromatic hydroxyl groups is 1. The van der Waals surface area contributed by atoms with Gasteiger partial charge in [-0.2, -0.15) is 12.6 Å². The highest BCUT2D eigenvalue weighted by molar-refractivity contribution is 7.80. The number of hydrogen-bond acceptors (Lipinski definition) is 2. The van der Waals surface area contributed by atoms with Crippen molar-refractivity contribution in [3.05, 3.63) is 65.5 Å². The molecule has 0 heterocycles. The normalized spacial score (nSPS) is 12.4. The summed E-state index contributed by atoms with van der Waals surface area (Å²) in [5.74, 6) is 0.289. The second-order valence-corrected chi connectivity index (χ2v) is 4.22. The minimum Gasteiger partial charge on any atom is -0.508 e. The molecule has 0 radical (unpaired) electrons. The Morgan fingerprint density at radius 2 is 1.88 bits per heavy atom.